The van der Waals surface area contributed by atoms with Gasteiger partial charge >= 0.3 is 6.18 Å². The second kappa shape index (κ2) is 9.24. The summed E-state index contributed by atoms with van der Waals surface area (Å²) in [6.07, 6.45) is 1.05. The van der Waals surface area contributed by atoms with Gasteiger partial charge in [0.2, 0.25) is 0 Å². The molecule has 2 fully saturated rings. The lowest BCUT2D eigenvalue weighted by atomic mass is 9.94. The van der Waals surface area contributed by atoms with Gasteiger partial charge in [-0.1, -0.05) is 19.3 Å². The highest BCUT2D eigenvalue weighted by Crippen LogP contribution is 2.44. The summed E-state index contributed by atoms with van der Waals surface area (Å²) < 4.78 is 70.0. The van der Waals surface area contributed by atoms with Crippen LogP contribution >= 0.6 is 0 Å². The summed E-state index contributed by atoms with van der Waals surface area (Å²) in [5.74, 6) is -2.62. The van der Waals surface area contributed by atoms with Gasteiger partial charge in [-0.3, -0.25) is 9.78 Å². The molecule has 1 aromatic heterocycles. The number of alkyl halides is 3. The minimum Gasteiger partial charge on any atom is -0.369 e. The van der Waals surface area contributed by atoms with Crippen LogP contribution in [0.15, 0.2) is 24.4 Å². The molecule has 1 saturated heterocycles. The van der Waals surface area contributed by atoms with Crippen LogP contribution in [0.25, 0.3) is 11.1 Å². The zero-order valence-corrected chi connectivity index (χ0v) is 17.9. The van der Waals surface area contributed by atoms with Crippen molar-refractivity contribution in [3.63, 3.8) is 0 Å². The van der Waals surface area contributed by atoms with Gasteiger partial charge in [-0.2, -0.15) is 13.2 Å². The van der Waals surface area contributed by atoms with E-state index in [2.05, 4.69) is 10.3 Å². The number of carbonyl (C=O) groups is 1. The molecule has 33 heavy (non-hydrogen) atoms. The number of pyridine rings is 1. The second-order valence-corrected chi connectivity index (χ2v) is 8.70. The third-order valence-corrected chi connectivity index (χ3v) is 6.20. The lowest BCUT2D eigenvalue weighted by molar-refractivity contribution is -0.140. The number of nitrogens with two attached hydrogens (primary N) is 1. The Labute approximate surface area is 188 Å². The van der Waals surface area contributed by atoms with Crippen molar-refractivity contribution in [3.05, 3.63) is 47.3 Å². The number of nitrogens with zero attached hydrogens (tertiary/aromatic N) is 2. The zero-order valence-electron chi connectivity index (χ0n) is 17.9. The Balaban J connectivity index is 1.90. The van der Waals surface area contributed by atoms with E-state index in [1.165, 1.54) is 0 Å². The van der Waals surface area contributed by atoms with Gasteiger partial charge in [0.15, 0.2) is 5.69 Å². The van der Waals surface area contributed by atoms with Gasteiger partial charge in [-0.25, -0.2) is 8.78 Å². The van der Waals surface area contributed by atoms with Crippen LogP contribution in [0, 0.1) is 11.6 Å². The maximum atomic E-state index is 14.0. The van der Waals surface area contributed by atoms with Crippen LogP contribution in [0.1, 0.15) is 54.6 Å². The molecule has 178 valence electrons. The Morgan fingerprint density at radius 1 is 1.06 bits per heavy atom. The molecular weight excluding hydrogens is 443 g/mol. The van der Waals surface area contributed by atoms with Gasteiger partial charge < -0.3 is 16.0 Å². The van der Waals surface area contributed by atoms with Crippen LogP contribution in [0.2, 0.25) is 0 Å². The SMILES string of the molecule is N[C@H]1CCN(c2c(C(=O)NC3CCCCC3)cnc(C(F)(F)F)c2-c2cc(F)cc(F)c2)C1. The molecule has 10 heteroatoms. The fourth-order valence-corrected chi connectivity index (χ4v) is 4.68. The number of rotatable bonds is 4. The number of nitrogens with one attached hydrogen (secondary N) is 1. The predicted octanol–water partition coefficient (Wildman–Crippen LogP) is 4.65. The summed E-state index contributed by atoms with van der Waals surface area (Å²) >= 11 is 0. The van der Waals surface area contributed by atoms with Crippen molar-refractivity contribution < 1.29 is 26.7 Å². The molecule has 5 nitrogen and oxygen atoms in total. The molecule has 0 bridgehead atoms. The van der Waals surface area contributed by atoms with Gasteiger partial charge in [-0.05, 0) is 37.0 Å². The summed E-state index contributed by atoms with van der Waals surface area (Å²) in [7, 11) is 0. The molecule has 1 atom stereocenters. The summed E-state index contributed by atoms with van der Waals surface area (Å²) in [6, 6.07) is 1.82. The Bertz CT molecular complexity index is 1020. The van der Waals surface area contributed by atoms with Crippen molar-refractivity contribution in [2.75, 3.05) is 18.0 Å². The van der Waals surface area contributed by atoms with E-state index < -0.39 is 35.0 Å². The number of benzene rings is 1. The predicted molar refractivity (Wildman–Crippen MR) is 114 cm³/mol. The van der Waals surface area contributed by atoms with Crippen molar-refractivity contribution in [1.82, 2.24) is 10.3 Å². The van der Waals surface area contributed by atoms with Crippen LogP contribution in [0.5, 0.6) is 0 Å². The molecule has 0 radical (unpaired) electrons. The van der Waals surface area contributed by atoms with Crippen LogP contribution in [0.3, 0.4) is 0 Å². The van der Waals surface area contributed by atoms with Crippen molar-refractivity contribution in [1.29, 1.82) is 0 Å². The van der Waals surface area contributed by atoms with Crippen LogP contribution in [-0.4, -0.2) is 36.1 Å². The standard InChI is InChI=1S/C23H25F5N4O/c24-14-8-13(9-15(25)10-14)19-20(32-7-6-16(29)12-32)18(11-30-21(19)23(26,27)28)22(33)31-17-4-2-1-3-5-17/h8-11,16-17H,1-7,12,29H2,(H,31,33)/t16-/m0/s1. The monoisotopic (exact) mass is 468 g/mol. The molecule has 2 heterocycles. The van der Waals surface area contributed by atoms with E-state index in [1.807, 2.05) is 0 Å². The lowest BCUT2D eigenvalue weighted by Gasteiger charge is -2.28. The van der Waals surface area contributed by atoms with Crippen molar-refractivity contribution in [3.8, 4) is 11.1 Å². The largest absolute Gasteiger partial charge is 0.434 e. The third kappa shape index (κ3) is 5.10. The van der Waals surface area contributed by atoms with Gasteiger partial charge in [-0.15, -0.1) is 0 Å². The molecule has 1 aliphatic carbocycles. The first-order chi connectivity index (χ1) is 15.6. The normalized spacial score (nSPS) is 19.7. The number of hydrogen-bond donors (Lipinski definition) is 2. The van der Waals surface area contributed by atoms with Crippen molar-refractivity contribution >= 4 is 11.6 Å². The van der Waals surface area contributed by atoms with E-state index in [0.717, 1.165) is 50.4 Å². The highest BCUT2D eigenvalue weighted by Gasteiger charge is 2.40. The molecule has 2 aromatic rings. The first-order valence-electron chi connectivity index (χ1n) is 11.0. The van der Waals surface area contributed by atoms with E-state index in [-0.39, 0.29) is 35.4 Å². The van der Waals surface area contributed by atoms with Gasteiger partial charge in [0.1, 0.15) is 11.6 Å². The molecule has 2 aliphatic rings. The molecule has 1 amide bonds. The topological polar surface area (TPSA) is 71.2 Å². The van der Waals surface area contributed by atoms with Gasteiger partial charge in [0.25, 0.3) is 5.91 Å². The van der Waals surface area contributed by atoms with Gasteiger partial charge in [0, 0.05) is 43.0 Å². The number of anilines is 1. The average molecular weight is 468 g/mol. The number of hydrogen-bond acceptors (Lipinski definition) is 4. The molecular formula is C23H25F5N4O. The van der Waals surface area contributed by atoms with E-state index >= 15 is 0 Å². The first-order valence-corrected chi connectivity index (χ1v) is 11.0. The fraction of sp³-hybridized carbons (Fsp3) is 0.478. The quantitative estimate of drug-likeness (QED) is 0.642. The van der Waals surface area contributed by atoms with E-state index in [1.54, 1.807) is 4.90 Å². The van der Waals surface area contributed by atoms with Crippen molar-refractivity contribution in [2.24, 2.45) is 5.73 Å². The number of amides is 1. The maximum Gasteiger partial charge on any atom is 0.434 e. The van der Waals surface area contributed by atoms with Gasteiger partial charge in [0.05, 0.1) is 11.3 Å². The number of carbonyl (C=O) groups excluding carboxylic acids is 1. The van der Waals surface area contributed by atoms with E-state index in [9.17, 15) is 26.7 Å². The smallest absolute Gasteiger partial charge is 0.369 e. The molecule has 1 saturated carbocycles. The molecule has 1 aliphatic heterocycles. The van der Waals surface area contributed by atoms with Crippen LogP contribution in [-0.2, 0) is 6.18 Å². The third-order valence-electron chi connectivity index (χ3n) is 6.20. The Kier molecular flexibility index (Phi) is 6.56. The average Bonchev–Trinajstić information content (AvgIpc) is 3.18. The van der Waals surface area contributed by atoms with E-state index in [0.29, 0.717) is 19.0 Å². The second-order valence-electron chi connectivity index (χ2n) is 8.70. The molecule has 0 unspecified atom stereocenters. The zero-order chi connectivity index (χ0) is 23.8. The lowest BCUT2D eigenvalue weighted by Crippen LogP contribution is -2.38. The molecule has 1 aromatic carbocycles. The summed E-state index contributed by atoms with van der Waals surface area (Å²) in [5, 5.41) is 2.90. The highest BCUT2D eigenvalue weighted by molar-refractivity contribution is 6.04. The molecule has 3 N–H and O–H groups in total. The summed E-state index contributed by atoms with van der Waals surface area (Å²) in [5.41, 5.74) is 3.71. The maximum absolute atomic E-state index is 14.0. The summed E-state index contributed by atoms with van der Waals surface area (Å²) in [4.78, 5) is 18.4. The Morgan fingerprint density at radius 2 is 1.73 bits per heavy atom. The summed E-state index contributed by atoms with van der Waals surface area (Å²) in [6.45, 7) is 0.507. The highest BCUT2D eigenvalue weighted by atomic mass is 19.4. The van der Waals surface area contributed by atoms with Crippen LogP contribution in [0.4, 0.5) is 27.6 Å². The van der Waals surface area contributed by atoms with Crippen LogP contribution < -0.4 is 16.0 Å². The Hall–Kier alpha value is -2.75. The molecule has 0 spiro atoms. The number of halogens is 5. The molecule has 4 rings (SSSR count). The minimum atomic E-state index is -4.91. The first kappa shape index (κ1) is 23.4. The van der Waals surface area contributed by atoms with E-state index in [4.69, 9.17) is 5.73 Å². The fourth-order valence-electron chi connectivity index (χ4n) is 4.68. The number of aromatic nitrogens is 1. The minimum absolute atomic E-state index is 0.0522. The Morgan fingerprint density at radius 3 is 2.30 bits per heavy atom. The van der Waals surface area contributed by atoms with Crippen molar-refractivity contribution in [2.45, 2.75) is 56.8 Å².